The largest absolute Gasteiger partial charge is 0.341 e. The van der Waals surface area contributed by atoms with Crippen LogP contribution in [0.4, 0.5) is 0 Å². The number of hydrogen-bond donors (Lipinski definition) is 0. The third kappa shape index (κ3) is 2.88. The molecule has 0 aromatic carbocycles. The molecule has 98 valence electrons. The summed E-state index contributed by atoms with van der Waals surface area (Å²) in [5.74, 6) is 0.202. The van der Waals surface area contributed by atoms with Crippen molar-refractivity contribution in [1.82, 2.24) is 14.8 Å². The number of amides is 1. The predicted molar refractivity (Wildman–Crippen MR) is 71.1 cm³/mol. The van der Waals surface area contributed by atoms with Gasteiger partial charge in [0.25, 0.3) is 0 Å². The van der Waals surface area contributed by atoms with Gasteiger partial charge in [-0.3, -0.25) is 14.7 Å². The van der Waals surface area contributed by atoms with Crippen molar-refractivity contribution in [3.8, 4) is 0 Å². The number of nitrogens with zero attached hydrogens (tertiary/aromatic N) is 3. The van der Waals surface area contributed by atoms with Crippen LogP contribution in [0.1, 0.15) is 30.9 Å². The first kappa shape index (κ1) is 13.0. The van der Waals surface area contributed by atoms with Crippen LogP contribution in [0.5, 0.6) is 0 Å². The summed E-state index contributed by atoms with van der Waals surface area (Å²) >= 11 is 0. The molecule has 1 aliphatic heterocycles. The van der Waals surface area contributed by atoms with E-state index in [0.29, 0.717) is 0 Å². The summed E-state index contributed by atoms with van der Waals surface area (Å²) < 4.78 is 0. The molecule has 1 unspecified atom stereocenters. The normalized spacial score (nSPS) is 17.8. The quantitative estimate of drug-likeness (QED) is 0.815. The molecule has 0 radical (unpaired) electrons. The minimum atomic E-state index is -0.211. The fourth-order valence-corrected chi connectivity index (χ4v) is 2.49. The first-order valence-corrected chi connectivity index (χ1v) is 6.55. The Bertz CT molecular complexity index is 385. The van der Waals surface area contributed by atoms with Crippen LogP contribution in [0.3, 0.4) is 0 Å². The molecule has 2 rings (SSSR count). The van der Waals surface area contributed by atoms with Gasteiger partial charge >= 0.3 is 0 Å². The number of aromatic nitrogens is 1. The molecule has 0 spiro atoms. The van der Waals surface area contributed by atoms with Crippen molar-refractivity contribution >= 4 is 5.91 Å². The highest BCUT2D eigenvalue weighted by atomic mass is 16.2. The molecule has 4 nitrogen and oxygen atoms in total. The standard InChI is InChI=1S/C14H21N3O/c1-16(2)13(12-7-6-8-15-11-12)14(18)17-9-4-3-5-10-17/h6-8,11,13H,3-5,9-10H2,1-2H3. The molecular formula is C14H21N3O. The number of hydrogen-bond acceptors (Lipinski definition) is 3. The van der Waals surface area contributed by atoms with E-state index in [1.807, 2.05) is 36.0 Å². The number of likely N-dealkylation sites (tertiary alicyclic amines) is 1. The second-order valence-corrected chi connectivity index (χ2v) is 5.04. The van der Waals surface area contributed by atoms with Gasteiger partial charge in [0, 0.05) is 25.5 Å². The van der Waals surface area contributed by atoms with E-state index >= 15 is 0 Å². The summed E-state index contributed by atoms with van der Waals surface area (Å²) in [4.78, 5) is 20.7. The summed E-state index contributed by atoms with van der Waals surface area (Å²) in [7, 11) is 3.89. The second-order valence-electron chi connectivity index (χ2n) is 5.04. The van der Waals surface area contributed by atoms with Gasteiger partial charge in [-0.1, -0.05) is 6.07 Å². The predicted octanol–water partition coefficient (Wildman–Crippen LogP) is 1.70. The summed E-state index contributed by atoms with van der Waals surface area (Å²) in [6.07, 6.45) is 7.01. The molecule has 18 heavy (non-hydrogen) atoms. The molecular weight excluding hydrogens is 226 g/mol. The lowest BCUT2D eigenvalue weighted by Crippen LogP contribution is -2.43. The van der Waals surface area contributed by atoms with Crippen molar-refractivity contribution in [2.75, 3.05) is 27.2 Å². The van der Waals surface area contributed by atoms with Gasteiger partial charge in [0.15, 0.2) is 0 Å². The second kappa shape index (κ2) is 5.96. The maximum atomic E-state index is 12.6. The summed E-state index contributed by atoms with van der Waals surface area (Å²) in [5.41, 5.74) is 0.970. The van der Waals surface area contributed by atoms with Gasteiger partial charge < -0.3 is 4.90 Å². The minimum Gasteiger partial charge on any atom is -0.341 e. The molecule has 0 N–H and O–H groups in total. The molecule has 4 heteroatoms. The number of carbonyl (C=O) groups excluding carboxylic acids is 1. The first-order valence-electron chi connectivity index (χ1n) is 6.55. The number of likely N-dealkylation sites (N-methyl/N-ethyl adjacent to an activating group) is 1. The van der Waals surface area contributed by atoms with Crippen LogP contribution in [0.15, 0.2) is 24.5 Å². The van der Waals surface area contributed by atoms with Crippen LogP contribution in [0.25, 0.3) is 0 Å². The molecule has 1 aromatic rings. The Kier molecular flexibility index (Phi) is 4.31. The fourth-order valence-electron chi connectivity index (χ4n) is 2.49. The van der Waals surface area contributed by atoms with Gasteiger partial charge in [-0.25, -0.2) is 0 Å². The van der Waals surface area contributed by atoms with Crippen molar-refractivity contribution in [3.05, 3.63) is 30.1 Å². The number of carbonyl (C=O) groups is 1. The molecule has 1 aromatic heterocycles. The molecule has 1 fully saturated rings. The maximum Gasteiger partial charge on any atom is 0.244 e. The van der Waals surface area contributed by atoms with Crippen LogP contribution in [0, 0.1) is 0 Å². The van der Waals surface area contributed by atoms with Crippen LogP contribution in [0.2, 0.25) is 0 Å². The van der Waals surface area contributed by atoms with Crippen LogP contribution < -0.4 is 0 Å². The summed E-state index contributed by atoms with van der Waals surface area (Å²) in [6, 6.07) is 3.64. The van der Waals surface area contributed by atoms with E-state index in [9.17, 15) is 4.79 Å². The first-order chi connectivity index (χ1) is 8.70. The van der Waals surface area contributed by atoms with Gasteiger partial charge in [0.2, 0.25) is 5.91 Å². The molecule has 0 saturated carbocycles. The zero-order valence-electron chi connectivity index (χ0n) is 11.2. The number of rotatable bonds is 3. The fraction of sp³-hybridized carbons (Fsp3) is 0.571. The van der Waals surface area contributed by atoms with Crippen molar-refractivity contribution < 1.29 is 4.79 Å². The topological polar surface area (TPSA) is 36.4 Å². The molecule has 0 aliphatic carbocycles. The average Bonchev–Trinajstić information content (AvgIpc) is 2.40. The third-order valence-corrected chi connectivity index (χ3v) is 3.42. The molecule has 2 heterocycles. The minimum absolute atomic E-state index is 0.202. The molecule has 1 saturated heterocycles. The smallest absolute Gasteiger partial charge is 0.244 e. The van der Waals surface area contributed by atoms with Gasteiger partial charge in [0.1, 0.15) is 6.04 Å². The van der Waals surface area contributed by atoms with E-state index in [2.05, 4.69) is 4.98 Å². The van der Waals surface area contributed by atoms with Gasteiger partial charge in [-0.15, -0.1) is 0 Å². The van der Waals surface area contributed by atoms with E-state index in [4.69, 9.17) is 0 Å². The lowest BCUT2D eigenvalue weighted by Gasteiger charge is -2.33. The molecule has 1 amide bonds. The van der Waals surface area contributed by atoms with E-state index in [1.165, 1.54) is 6.42 Å². The van der Waals surface area contributed by atoms with Crippen molar-refractivity contribution in [2.45, 2.75) is 25.3 Å². The van der Waals surface area contributed by atoms with E-state index in [0.717, 1.165) is 31.5 Å². The summed E-state index contributed by atoms with van der Waals surface area (Å²) in [6.45, 7) is 1.78. The van der Waals surface area contributed by atoms with Crippen LogP contribution in [-0.4, -0.2) is 47.9 Å². The monoisotopic (exact) mass is 247 g/mol. The zero-order chi connectivity index (χ0) is 13.0. The third-order valence-electron chi connectivity index (χ3n) is 3.42. The average molecular weight is 247 g/mol. The molecule has 1 aliphatic rings. The number of pyridine rings is 1. The van der Waals surface area contributed by atoms with E-state index in [-0.39, 0.29) is 11.9 Å². The summed E-state index contributed by atoms with van der Waals surface area (Å²) in [5, 5.41) is 0. The van der Waals surface area contributed by atoms with Gasteiger partial charge in [0.05, 0.1) is 0 Å². The van der Waals surface area contributed by atoms with Gasteiger partial charge in [-0.2, -0.15) is 0 Å². The Morgan fingerprint density at radius 1 is 1.33 bits per heavy atom. The lowest BCUT2D eigenvalue weighted by atomic mass is 10.0. The Morgan fingerprint density at radius 2 is 2.06 bits per heavy atom. The Balaban J connectivity index is 2.17. The van der Waals surface area contributed by atoms with Gasteiger partial charge in [-0.05, 0) is 45.0 Å². The van der Waals surface area contributed by atoms with Crippen LogP contribution >= 0.6 is 0 Å². The number of piperidine rings is 1. The Labute approximate surface area is 109 Å². The van der Waals surface area contributed by atoms with E-state index < -0.39 is 0 Å². The highest BCUT2D eigenvalue weighted by Gasteiger charge is 2.28. The van der Waals surface area contributed by atoms with Crippen molar-refractivity contribution in [1.29, 1.82) is 0 Å². The maximum absolute atomic E-state index is 12.6. The molecule has 1 atom stereocenters. The van der Waals surface area contributed by atoms with Crippen molar-refractivity contribution in [3.63, 3.8) is 0 Å². The van der Waals surface area contributed by atoms with Crippen LogP contribution in [-0.2, 0) is 4.79 Å². The lowest BCUT2D eigenvalue weighted by molar-refractivity contribution is -0.137. The highest BCUT2D eigenvalue weighted by Crippen LogP contribution is 2.22. The van der Waals surface area contributed by atoms with E-state index in [1.54, 1.807) is 12.4 Å². The zero-order valence-corrected chi connectivity index (χ0v) is 11.2. The SMILES string of the molecule is CN(C)C(C(=O)N1CCCCC1)c1cccnc1. The Morgan fingerprint density at radius 3 is 2.61 bits per heavy atom. The molecule has 0 bridgehead atoms. The highest BCUT2D eigenvalue weighted by molar-refractivity contribution is 5.83. The van der Waals surface area contributed by atoms with Crippen molar-refractivity contribution in [2.24, 2.45) is 0 Å². The Hall–Kier alpha value is -1.42.